The molecule has 3 aromatic rings. The van der Waals surface area contributed by atoms with Crippen LogP contribution in [0.1, 0.15) is 46.2 Å². The van der Waals surface area contributed by atoms with Crippen LogP contribution in [0.4, 0.5) is 0 Å². The van der Waals surface area contributed by atoms with Crippen molar-refractivity contribution < 1.29 is 14.1 Å². The van der Waals surface area contributed by atoms with Gasteiger partial charge in [0.15, 0.2) is 5.82 Å². The van der Waals surface area contributed by atoms with E-state index in [1.165, 1.54) is 11.1 Å². The van der Waals surface area contributed by atoms with Crippen molar-refractivity contribution in [3.05, 3.63) is 52.8 Å². The van der Waals surface area contributed by atoms with Crippen LogP contribution in [0, 0.1) is 20.8 Å². The van der Waals surface area contributed by atoms with Gasteiger partial charge in [0, 0.05) is 18.7 Å². The molecule has 1 N–H and O–H groups in total. The average Bonchev–Trinajstić information content (AvgIpc) is 3.37. The van der Waals surface area contributed by atoms with E-state index in [9.17, 15) is 4.79 Å². The quantitative estimate of drug-likeness (QED) is 0.712. The smallest absolute Gasteiger partial charge is 0.271 e. The summed E-state index contributed by atoms with van der Waals surface area (Å²) in [6, 6.07) is 8.00. The predicted molar refractivity (Wildman–Crippen MR) is 106 cm³/mol. The molecule has 2 aromatic heterocycles. The summed E-state index contributed by atoms with van der Waals surface area (Å²) in [5.41, 5.74) is 4.69. The van der Waals surface area contributed by atoms with Crippen molar-refractivity contribution in [1.29, 1.82) is 0 Å². The van der Waals surface area contributed by atoms with Gasteiger partial charge in [-0.25, -0.2) is 0 Å². The Balaban J connectivity index is 1.39. The Morgan fingerprint density at radius 2 is 2.14 bits per heavy atom. The molecule has 0 spiro atoms. The molecule has 0 saturated carbocycles. The maximum atomic E-state index is 12.9. The van der Waals surface area contributed by atoms with Crippen LogP contribution in [0.3, 0.4) is 0 Å². The summed E-state index contributed by atoms with van der Waals surface area (Å²) < 4.78 is 11.0. The topological polar surface area (TPSA) is 97.1 Å². The van der Waals surface area contributed by atoms with Crippen molar-refractivity contribution in [1.82, 2.24) is 25.2 Å². The highest BCUT2D eigenvalue weighted by Crippen LogP contribution is 2.22. The number of carbonyl (C=O) groups excluding carboxylic acids is 1. The molecule has 0 radical (unpaired) electrons. The third-order valence-electron chi connectivity index (χ3n) is 5.29. The second kappa shape index (κ2) is 8.16. The third-order valence-corrected chi connectivity index (χ3v) is 5.29. The number of H-pyrrole nitrogens is 1. The lowest BCUT2D eigenvalue weighted by atomic mass is 10.0. The van der Waals surface area contributed by atoms with Gasteiger partial charge >= 0.3 is 0 Å². The monoisotopic (exact) mass is 395 g/mol. The van der Waals surface area contributed by atoms with Crippen molar-refractivity contribution in [2.45, 2.75) is 46.3 Å². The number of ether oxygens (including phenoxy) is 1. The molecule has 0 bridgehead atoms. The number of nitrogens with one attached hydrogen (secondary N) is 1. The number of aromatic nitrogens is 4. The van der Waals surface area contributed by atoms with Gasteiger partial charge in [-0.2, -0.15) is 10.1 Å². The number of carbonyl (C=O) groups is 1. The third kappa shape index (κ3) is 4.37. The summed E-state index contributed by atoms with van der Waals surface area (Å²) in [5, 5.41) is 11.0. The fourth-order valence-electron chi connectivity index (χ4n) is 3.50. The lowest BCUT2D eigenvalue weighted by Gasteiger charge is -2.32. The Hall–Kier alpha value is -3.00. The van der Waals surface area contributed by atoms with E-state index < -0.39 is 0 Å². The standard InChI is InChI=1S/C21H25N5O3/c1-13-6-7-16(9-14(13)2)18-10-19(24-23-18)21(27)26-8-4-5-17(11-26)28-12-20-22-15(3)25-29-20/h6-7,9-10,17H,4-5,8,11-12H2,1-3H3,(H,23,24). The summed E-state index contributed by atoms with van der Waals surface area (Å²) in [4.78, 5) is 18.9. The SMILES string of the molecule is Cc1noc(COC2CCCN(C(=O)c3cc(-c4ccc(C)c(C)c4)n[nH]3)C2)n1. The highest BCUT2D eigenvalue weighted by atomic mass is 16.5. The zero-order valence-electron chi connectivity index (χ0n) is 16.9. The Kier molecular flexibility index (Phi) is 5.44. The molecule has 1 saturated heterocycles. The molecular formula is C21H25N5O3. The van der Waals surface area contributed by atoms with E-state index in [2.05, 4.69) is 46.3 Å². The summed E-state index contributed by atoms with van der Waals surface area (Å²) in [6.45, 7) is 7.41. The number of aromatic amines is 1. The molecule has 152 valence electrons. The van der Waals surface area contributed by atoms with Gasteiger partial charge in [0.1, 0.15) is 12.3 Å². The van der Waals surface area contributed by atoms with Crippen LogP contribution >= 0.6 is 0 Å². The van der Waals surface area contributed by atoms with E-state index in [1.54, 1.807) is 6.92 Å². The van der Waals surface area contributed by atoms with E-state index in [-0.39, 0.29) is 18.6 Å². The highest BCUT2D eigenvalue weighted by molar-refractivity contribution is 5.93. The van der Waals surface area contributed by atoms with Crippen molar-refractivity contribution in [3.63, 3.8) is 0 Å². The van der Waals surface area contributed by atoms with Crippen LogP contribution < -0.4 is 0 Å². The molecular weight excluding hydrogens is 370 g/mol. The molecule has 29 heavy (non-hydrogen) atoms. The molecule has 3 heterocycles. The molecule has 1 unspecified atom stereocenters. The van der Waals surface area contributed by atoms with Crippen LogP contribution in [0.15, 0.2) is 28.8 Å². The Morgan fingerprint density at radius 3 is 2.90 bits per heavy atom. The number of nitrogens with zero attached hydrogens (tertiary/aromatic N) is 4. The van der Waals surface area contributed by atoms with Crippen LogP contribution in [0.2, 0.25) is 0 Å². The molecule has 1 aliphatic heterocycles. The van der Waals surface area contributed by atoms with Crippen LogP contribution in [-0.4, -0.2) is 50.3 Å². The maximum absolute atomic E-state index is 12.9. The second-order valence-electron chi connectivity index (χ2n) is 7.53. The number of amides is 1. The molecule has 4 rings (SSSR count). The summed E-state index contributed by atoms with van der Waals surface area (Å²) in [6.07, 6.45) is 1.73. The summed E-state index contributed by atoms with van der Waals surface area (Å²) in [7, 11) is 0. The van der Waals surface area contributed by atoms with E-state index in [1.807, 2.05) is 17.0 Å². The van der Waals surface area contributed by atoms with Crippen molar-refractivity contribution in [2.75, 3.05) is 13.1 Å². The first-order valence-electron chi connectivity index (χ1n) is 9.82. The Bertz CT molecular complexity index is 1010. The molecule has 8 heteroatoms. The number of aryl methyl sites for hydroxylation is 3. The largest absolute Gasteiger partial charge is 0.367 e. The first-order chi connectivity index (χ1) is 14.0. The molecule has 1 aliphatic rings. The van der Waals surface area contributed by atoms with Gasteiger partial charge in [-0.05, 0) is 56.9 Å². The predicted octanol–water partition coefficient (Wildman–Crippen LogP) is 3.21. The number of hydrogen-bond acceptors (Lipinski definition) is 6. The molecule has 8 nitrogen and oxygen atoms in total. The van der Waals surface area contributed by atoms with E-state index >= 15 is 0 Å². The zero-order chi connectivity index (χ0) is 20.4. The maximum Gasteiger partial charge on any atom is 0.271 e. The van der Waals surface area contributed by atoms with Gasteiger partial charge in [0.25, 0.3) is 11.8 Å². The van der Waals surface area contributed by atoms with Gasteiger partial charge in [0.05, 0.1) is 11.8 Å². The number of rotatable bonds is 5. The molecule has 1 amide bonds. The molecule has 1 atom stereocenters. The van der Waals surface area contributed by atoms with Crippen LogP contribution in [0.5, 0.6) is 0 Å². The van der Waals surface area contributed by atoms with E-state index in [4.69, 9.17) is 9.26 Å². The number of benzene rings is 1. The second-order valence-corrected chi connectivity index (χ2v) is 7.53. The fourth-order valence-corrected chi connectivity index (χ4v) is 3.50. The summed E-state index contributed by atoms with van der Waals surface area (Å²) in [5.74, 6) is 0.981. The van der Waals surface area contributed by atoms with Gasteiger partial charge in [-0.1, -0.05) is 17.3 Å². The van der Waals surface area contributed by atoms with Crippen molar-refractivity contribution in [3.8, 4) is 11.3 Å². The Morgan fingerprint density at radius 1 is 1.28 bits per heavy atom. The van der Waals surface area contributed by atoms with Crippen molar-refractivity contribution in [2.24, 2.45) is 0 Å². The Labute approximate surface area is 169 Å². The highest BCUT2D eigenvalue weighted by Gasteiger charge is 2.26. The average molecular weight is 395 g/mol. The van der Waals surface area contributed by atoms with Gasteiger partial charge < -0.3 is 14.2 Å². The fraction of sp³-hybridized carbons (Fsp3) is 0.429. The number of hydrogen-bond donors (Lipinski definition) is 1. The van der Waals surface area contributed by atoms with Gasteiger partial charge in [0.2, 0.25) is 0 Å². The first-order valence-corrected chi connectivity index (χ1v) is 9.82. The molecule has 1 aromatic carbocycles. The molecule has 1 fully saturated rings. The first kappa shape index (κ1) is 19.3. The van der Waals surface area contributed by atoms with Gasteiger partial charge in [-0.15, -0.1) is 0 Å². The number of piperidine rings is 1. The van der Waals surface area contributed by atoms with Gasteiger partial charge in [-0.3, -0.25) is 9.89 Å². The minimum atomic E-state index is -0.0606. The lowest BCUT2D eigenvalue weighted by molar-refractivity contribution is -0.0155. The number of likely N-dealkylation sites (tertiary alicyclic amines) is 1. The van der Waals surface area contributed by atoms with Crippen LogP contribution in [-0.2, 0) is 11.3 Å². The van der Waals surface area contributed by atoms with Crippen LogP contribution in [0.25, 0.3) is 11.3 Å². The zero-order valence-corrected chi connectivity index (χ0v) is 16.9. The van der Waals surface area contributed by atoms with Crippen molar-refractivity contribution >= 4 is 5.91 Å². The summed E-state index contributed by atoms with van der Waals surface area (Å²) >= 11 is 0. The minimum Gasteiger partial charge on any atom is -0.367 e. The normalized spacial score (nSPS) is 16.9. The lowest BCUT2D eigenvalue weighted by Crippen LogP contribution is -2.43. The minimum absolute atomic E-state index is 0.0537. The van der Waals surface area contributed by atoms with E-state index in [0.29, 0.717) is 30.5 Å². The van der Waals surface area contributed by atoms with E-state index in [0.717, 1.165) is 24.1 Å². The molecule has 0 aliphatic carbocycles.